The molecule has 1 heterocycles. The molecule has 2 N–H and O–H groups in total. The van der Waals surface area contributed by atoms with E-state index >= 15 is 0 Å². The number of carbonyl (C=O) groups is 2. The summed E-state index contributed by atoms with van der Waals surface area (Å²) >= 11 is 0. The highest BCUT2D eigenvalue weighted by Gasteiger charge is 2.28. The van der Waals surface area contributed by atoms with E-state index in [1.807, 2.05) is 24.3 Å². The van der Waals surface area contributed by atoms with E-state index < -0.39 is 6.23 Å². The Bertz CT molecular complexity index is 462. The van der Waals surface area contributed by atoms with Crippen molar-refractivity contribution >= 4 is 12.4 Å². The van der Waals surface area contributed by atoms with Crippen molar-refractivity contribution in [2.75, 3.05) is 13.1 Å². The topological polar surface area (TPSA) is 72.6 Å². The highest BCUT2D eigenvalue weighted by molar-refractivity contribution is 5.76. The average molecular weight is 262 g/mol. The lowest BCUT2D eigenvalue weighted by Gasteiger charge is -2.28. The molecule has 2 rings (SSSR count). The predicted octanol–water partition coefficient (Wildman–Crippen LogP) is 0.462. The van der Waals surface area contributed by atoms with Crippen molar-refractivity contribution in [1.29, 1.82) is 0 Å². The smallest absolute Gasteiger partial charge is 0.295 e. The zero-order valence-corrected chi connectivity index (χ0v) is 10.7. The Labute approximate surface area is 112 Å². The normalized spacial score (nSPS) is 18.4. The molecule has 0 saturated carbocycles. The second-order valence-electron chi connectivity index (χ2n) is 4.54. The van der Waals surface area contributed by atoms with E-state index in [4.69, 9.17) is 10.5 Å². The van der Waals surface area contributed by atoms with Gasteiger partial charge in [0.15, 0.2) is 6.23 Å². The van der Waals surface area contributed by atoms with E-state index in [-0.39, 0.29) is 12.3 Å². The van der Waals surface area contributed by atoms with E-state index in [0.29, 0.717) is 26.0 Å². The molecule has 19 heavy (non-hydrogen) atoms. The third-order valence-corrected chi connectivity index (χ3v) is 3.37. The molecule has 0 radical (unpaired) electrons. The molecule has 5 heteroatoms. The van der Waals surface area contributed by atoms with Crippen LogP contribution in [0.2, 0.25) is 0 Å². The first-order valence-electron chi connectivity index (χ1n) is 6.41. The Morgan fingerprint density at radius 2 is 2.16 bits per heavy atom. The lowest BCUT2D eigenvalue weighted by molar-refractivity contribution is -0.153. The maximum Gasteiger partial charge on any atom is 0.295 e. The summed E-state index contributed by atoms with van der Waals surface area (Å²) in [5.74, 6) is -0.0674. The van der Waals surface area contributed by atoms with Crippen LogP contribution < -0.4 is 5.73 Å². The summed E-state index contributed by atoms with van der Waals surface area (Å²) < 4.78 is 5.08. The number of fused-ring (bicyclic) bond motifs is 1. The van der Waals surface area contributed by atoms with Gasteiger partial charge in [-0.3, -0.25) is 9.59 Å². The van der Waals surface area contributed by atoms with Gasteiger partial charge in [-0.25, -0.2) is 0 Å². The fourth-order valence-electron chi connectivity index (χ4n) is 2.42. The predicted molar refractivity (Wildman–Crippen MR) is 70.2 cm³/mol. The number of amides is 1. The minimum absolute atomic E-state index is 0.0674. The highest BCUT2D eigenvalue weighted by atomic mass is 16.5. The van der Waals surface area contributed by atoms with Crippen molar-refractivity contribution in [1.82, 2.24) is 4.90 Å². The van der Waals surface area contributed by atoms with E-state index in [1.54, 1.807) is 4.90 Å². The first-order valence-corrected chi connectivity index (χ1v) is 6.41. The van der Waals surface area contributed by atoms with Crippen LogP contribution in [-0.2, 0) is 27.2 Å². The quantitative estimate of drug-likeness (QED) is 0.800. The molecule has 5 nitrogen and oxygen atoms in total. The number of benzene rings is 1. The molecule has 1 aromatic rings. The minimum atomic E-state index is -0.528. The van der Waals surface area contributed by atoms with Crippen molar-refractivity contribution in [2.24, 2.45) is 5.73 Å². The van der Waals surface area contributed by atoms with Crippen LogP contribution in [0, 0.1) is 0 Å². The van der Waals surface area contributed by atoms with Gasteiger partial charge < -0.3 is 15.4 Å². The van der Waals surface area contributed by atoms with E-state index in [0.717, 1.165) is 12.0 Å². The van der Waals surface area contributed by atoms with E-state index in [2.05, 4.69) is 0 Å². The number of ether oxygens (including phenoxy) is 1. The minimum Gasteiger partial charge on any atom is -0.443 e. The summed E-state index contributed by atoms with van der Waals surface area (Å²) in [6, 6.07) is 7.98. The van der Waals surface area contributed by atoms with Gasteiger partial charge in [0.25, 0.3) is 6.47 Å². The van der Waals surface area contributed by atoms with Crippen LogP contribution in [0.5, 0.6) is 0 Å². The van der Waals surface area contributed by atoms with Crippen LogP contribution >= 0.6 is 0 Å². The first kappa shape index (κ1) is 13.5. The number of hydrogen-bond donors (Lipinski definition) is 1. The second kappa shape index (κ2) is 6.33. The Morgan fingerprint density at radius 3 is 2.84 bits per heavy atom. The Morgan fingerprint density at radius 1 is 1.42 bits per heavy atom. The molecule has 1 atom stereocenters. The summed E-state index contributed by atoms with van der Waals surface area (Å²) in [7, 11) is 0. The van der Waals surface area contributed by atoms with Gasteiger partial charge in [-0.05, 0) is 17.5 Å². The molecule has 0 aromatic heterocycles. The Balaban J connectivity index is 2.22. The van der Waals surface area contributed by atoms with Crippen molar-refractivity contribution in [3.8, 4) is 0 Å². The summed E-state index contributed by atoms with van der Waals surface area (Å²) in [6.07, 6.45) is 1.05. The molecule has 1 aliphatic heterocycles. The molecular formula is C14H18N2O3. The zero-order valence-electron chi connectivity index (χ0n) is 10.7. The van der Waals surface area contributed by atoms with Crippen LogP contribution in [0.4, 0.5) is 0 Å². The molecule has 0 bridgehead atoms. The van der Waals surface area contributed by atoms with E-state index in [1.165, 1.54) is 5.56 Å². The van der Waals surface area contributed by atoms with Crippen LogP contribution in [0.1, 0.15) is 17.5 Å². The summed E-state index contributed by atoms with van der Waals surface area (Å²) in [6.45, 7) is 1.26. The maximum absolute atomic E-state index is 12.0. The number of nitrogens with two attached hydrogens (primary N) is 1. The zero-order chi connectivity index (χ0) is 13.7. The largest absolute Gasteiger partial charge is 0.443 e. The standard InChI is InChI=1S/C14H18N2O3/c15-7-5-13(18)16-8-6-11-3-1-2-4-12(11)9-14(16)19-10-17/h1-4,10,14H,5-9,15H2. The third kappa shape index (κ3) is 3.12. The fraction of sp³-hybridized carbons (Fsp3) is 0.429. The number of nitrogens with zero attached hydrogens (tertiary/aromatic N) is 1. The molecule has 0 spiro atoms. The van der Waals surface area contributed by atoms with Gasteiger partial charge in [-0.15, -0.1) is 0 Å². The highest BCUT2D eigenvalue weighted by Crippen LogP contribution is 2.20. The van der Waals surface area contributed by atoms with E-state index in [9.17, 15) is 9.59 Å². The molecule has 1 unspecified atom stereocenters. The van der Waals surface area contributed by atoms with Crippen molar-refractivity contribution < 1.29 is 14.3 Å². The maximum atomic E-state index is 12.0. The number of rotatable bonds is 4. The SMILES string of the molecule is NCCC(=O)N1CCc2ccccc2CC1OC=O. The fourth-order valence-corrected chi connectivity index (χ4v) is 2.42. The summed E-state index contributed by atoms with van der Waals surface area (Å²) in [4.78, 5) is 24.3. The van der Waals surface area contributed by atoms with Gasteiger partial charge in [0.1, 0.15) is 0 Å². The van der Waals surface area contributed by atoms with Crippen LogP contribution in [0.15, 0.2) is 24.3 Å². The lowest BCUT2D eigenvalue weighted by atomic mass is 10.0. The Kier molecular flexibility index (Phi) is 4.52. The first-order chi connectivity index (χ1) is 9.26. The summed E-state index contributed by atoms with van der Waals surface area (Å²) in [5, 5.41) is 0. The number of hydrogen-bond acceptors (Lipinski definition) is 4. The molecular weight excluding hydrogens is 244 g/mol. The monoisotopic (exact) mass is 262 g/mol. The van der Waals surface area contributed by atoms with Gasteiger partial charge in [0, 0.05) is 25.9 Å². The van der Waals surface area contributed by atoms with Crippen molar-refractivity contribution in [2.45, 2.75) is 25.5 Å². The Hall–Kier alpha value is -1.88. The van der Waals surface area contributed by atoms with Crippen LogP contribution in [0.25, 0.3) is 0 Å². The molecule has 0 aliphatic carbocycles. The van der Waals surface area contributed by atoms with Gasteiger partial charge >= 0.3 is 0 Å². The molecule has 0 fully saturated rings. The second-order valence-corrected chi connectivity index (χ2v) is 4.54. The van der Waals surface area contributed by atoms with Gasteiger partial charge in [0.05, 0.1) is 0 Å². The number of carbonyl (C=O) groups excluding carboxylic acids is 2. The summed E-state index contributed by atoms with van der Waals surface area (Å²) in [5.41, 5.74) is 7.74. The van der Waals surface area contributed by atoms with Gasteiger partial charge in [0.2, 0.25) is 5.91 Å². The van der Waals surface area contributed by atoms with Crippen molar-refractivity contribution in [3.63, 3.8) is 0 Å². The average Bonchev–Trinajstić information content (AvgIpc) is 2.58. The molecule has 102 valence electrons. The van der Waals surface area contributed by atoms with Gasteiger partial charge in [-0.2, -0.15) is 0 Å². The molecule has 1 aliphatic rings. The van der Waals surface area contributed by atoms with Crippen LogP contribution in [-0.4, -0.2) is 36.6 Å². The van der Waals surface area contributed by atoms with Gasteiger partial charge in [-0.1, -0.05) is 24.3 Å². The lowest BCUT2D eigenvalue weighted by Crippen LogP contribution is -2.43. The third-order valence-electron chi connectivity index (χ3n) is 3.37. The molecule has 1 amide bonds. The van der Waals surface area contributed by atoms with Crippen LogP contribution in [0.3, 0.4) is 0 Å². The van der Waals surface area contributed by atoms with Crippen molar-refractivity contribution in [3.05, 3.63) is 35.4 Å². The molecule has 0 saturated heterocycles. The molecule has 1 aromatic carbocycles.